The maximum atomic E-state index is 6.25. The number of benzene rings is 1. The molecule has 3 rings (SSSR count). The fourth-order valence-corrected chi connectivity index (χ4v) is 2.33. The average molecular weight is 281 g/mol. The van der Waals surface area contributed by atoms with Crippen molar-refractivity contribution < 1.29 is 4.74 Å². The number of fused-ring (bicyclic) bond motifs is 1. The van der Waals surface area contributed by atoms with Crippen LogP contribution in [0.25, 0.3) is 16.9 Å². The summed E-state index contributed by atoms with van der Waals surface area (Å²) in [4.78, 5) is 4.63. The SMILES string of the molecule is CCCOc1cccc(-c2nc3ccc(C)cn3c2N)c1. The summed E-state index contributed by atoms with van der Waals surface area (Å²) in [7, 11) is 0. The van der Waals surface area contributed by atoms with E-state index in [4.69, 9.17) is 10.5 Å². The first kappa shape index (κ1) is 13.5. The third kappa shape index (κ3) is 2.57. The van der Waals surface area contributed by atoms with Crippen LogP contribution in [0.1, 0.15) is 18.9 Å². The molecule has 0 saturated heterocycles. The summed E-state index contributed by atoms with van der Waals surface area (Å²) >= 11 is 0. The second kappa shape index (κ2) is 5.48. The Hall–Kier alpha value is -2.49. The van der Waals surface area contributed by atoms with Crippen molar-refractivity contribution in [2.24, 2.45) is 0 Å². The van der Waals surface area contributed by atoms with Gasteiger partial charge in [0.25, 0.3) is 0 Å². The van der Waals surface area contributed by atoms with Crippen molar-refractivity contribution in [3.05, 3.63) is 48.2 Å². The van der Waals surface area contributed by atoms with Crippen LogP contribution in [0.3, 0.4) is 0 Å². The molecule has 2 heterocycles. The number of aromatic nitrogens is 2. The minimum absolute atomic E-state index is 0.654. The van der Waals surface area contributed by atoms with E-state index in [9.17, 15) is 0 Å². The molecular formula is C17H19N3O. The van der Waals surface area contributed by atoms with Gasteiger partial charge in [0.05, 0.1) is 6.61 Å². The molecule has 0 aliphatic carbocycles. The van der Waals surface area contributed by atoms with Crippen LogP contribution in [0.15, 0.2) is 42.6 Å². The molecule has 21 heavy (non-hydrogen) atoms. The number of nitrogens with two attached hydrogens (primary N) is 1. The van der Waals surface area contributed by atoms with Crippen LogP contribution in [0.2, 0.25) is 0 Å². The quantitative estimate of drug-likeness (QED) is 0.793. The normalized spacial score (nSPS) is 11.0. The van der Waals surface area contributed by atoms with Gasteiger partial charge in [-0.3, -0.25) is 4.40 Å². The first-order valence-electron chi connectivity index (χ1n) is 7.16. The fourth-order valence-electron chi connectivity index (χ4n) is 2.33. The molecule has 0 saturated carbocycles. The average Bonchev–Trinajstić information content (AvgIpc) is 2.82. The predicted octanol–water partition coefficient (Wildman–Crippen LogP) is 3.68. The van der Waals surface area contributed by atoms with Gasteiger partial charge in [-0.25, -0.2) is 4.98 Å². The van der Waals surface area contributed by atoms with Crippen molar-refractivity contribution in [3.63, 3.8) is 0 Å². The second-order valence-corrected chi connectivity index (χ2v) is 5.16. The van der Waals surface area contributed by atoms with E-state index in [-0.39, 0.29) is 0 Å². The highest BCUT2D eigenvalue weighted by molar-refractivity contribution is 5.75. The van der Waals surface area contributed by atoms with Crippen LogP contribution >= 0.6 is 0 Å². The fraction of sp³-hybridized carbons (Fsp3) is 0.235. The largest absolute Gasteiger partial charge is 0.494 e. The van der Waals surface area contributed by atoms with Gasteiger partial charge in [-0.05, 0) is 37.1 Å². The van der Waals surface area contributed by atoms with Gasteiger partial charge in [-0.1, -0.05) is 25.1 Å². The molecule has 4 heteroatoms. The molecule has 2 aromatic heterocycles. The Balaban J connectivity index is 2.05. The number of nitrogen functional groups attached to an aromatic ring is 1. The van der Waals surface area contributed by atoms with Crippen LogP contribution in [0.4, 0.5) is 5.82 Å². The summed E-state index contributed by atoms with van der Waals surface area (Å²) in [6.07, 6.45) is 2.98. The molecule has 0 radical (unpaired) electrons. The molecule has 0 unspecified atom stereocenters. The Morgan fingerprint density at radius 2 is 2.10 bits per heavy atom. The molecule has 2 N–H and O–H groups in total. The minimum Gasteiger partial charge on any atom is -0.494 e. The van der Waals surface area contributed by atoms with Crippen molar-refractivity contribution in [3.8, 4) is 17.0 Å². The van der Waals surface area contributed by atoms with E-state index in [1.807, 2.05) is 53.9 Å². The molecule has 0 amide bonds. The zero-order valence-corrected chi connectivity index (χ0v) is 12.3. The van der Waals surface area contributed by atoms with Gasteiger partial charge in [0.2, 0.25) is 0 Å². The topological polar surface area (TPSA) is 52.5 Å². The predicted molar refractivity (Wildman–Crippen MR) is 85.6 cm³/mol. The van der Waals surface area contributed by atoms with E-state index < -0.39 is 0 Å². The van der Waals surface area contributed by atoms with Crippen molar-refractivity contribution in [1.82, 2.24) is 9.38 Å². The van der Waals surface area contributed by atoms with Crippen LogP contribution in [-0.2, 0) is 0 Å². The second-order valence-electron chi connectivity index (χ2n) is 5.16. The highest BCUT2D eigenvalue weighted by atomic mass is 16.5. The van der Waals surface area contributed by atoms with E-state index in [1.165, 1.54) is 0 Å². The van der Waals surface area contributed by atoms with Gasteiger partial charge in [0.15, 0.2) is 0 Å². The Morgan fingerprint density at radius 3 is 2.90 bits per heavy atom. The van der Waals surface area contributed by atoms with Crippen LogP contribution in [0, 0.1) is 6.92 Å². The first-order valence-corrected chi connectivity index (χ1v) is 7.16. The number of ether oxygens (including phenoxy) is 1. The summed E-state index contributed by atoms with van der Waals surface area (Å²) in [6.45, 7) is 4.84. The Morgan fingerprint density at radius 1 is 1.24 bits per heavy atom. The molecule has 1 aromatic carbocycles. The van der Waals surface area contributed by atoms with Crippen molar-refractivity contribution in [2.75, 3.05) is 12.3 Å². The van der Waals surface area contributed by atoms with Gasteiger partial charge in [0, 0.05) is 11.8 Å². The molecular weight excluding hydrogens is 262 g/mol. The van der Waals surface area contributed by atoms with Crippen molar-refractivity contribution in [1.29, 1.82) is 0 Å². The molecule has 0 spiro atoms. The number of imidazole rings is 1. The zero-order chi connectivity index (χ0) is 14.8. The lowest BCUT2D eigenvalue weighted by Crippen LogP contribution is -1.96. The summed E-state index contributed by atoms with van der Waals surface area (Å²) in [5, 5.41) is 0. The summed E-state index contributed by atoms with van der Waals surface area (Å²) in [5.41, 5.74) is 10.0. The molecule has 3 aromatic rings. The highest BCUT2D eigenvalue weighted by Crippen LogP contribution is 2.29. The number of nitrogens with zero attached hydrogens (tertiary/aromatic N) is 2. The Labute approximate surface area is 124 Å². The lowest BCUT2D eigenvalue weighted by Gasteiger charge is -2.06. The maximum absolute atomic E-state index is 6.25. The smallest absolute Gasteiger partial charge is 0.139 e. The Bertz CT molecular complexity index is 777. The van der Waals surface area contributed by atoms with Crippen LogP contribution in [0.5, 0.6) is 5.75 Å². The lowest BCUT2D eigenvalue weighted by molar-refractivity contribution is 0.317. The van der Waals surface area contributed by atoms with Gasteiger partial charge in [-0.2, -0.15) is 0 Å². The summed E-state index contributed by atoms with van der Waals surface area (Å²) < 4.78 is 7.60. The number of aryl methyl sites for hydroxylation is 1. The molecule has 0 fully saturated rings. The summed E-state index contributed by atoms with van der Waals surface area (Å²) in [6, 6.07) is 11.9. The van der Waals surface area contributed by atoms with E-state index in [0.717, 1.165) is 34.6 Å². The van der Waals surface area contributed by atoms with E-state index in [1.54, 1.807) is 0 Å². The zero-order valence-electron chi connectivity index (χ0n) is 12.3. The number of hydrogen-bond acceptors (Lipinski definition) is 3. The van der Waals surface area contributed by atoms with Gasteiger partial charge >= 0.3 is 0 Å². The third-order valence-electron chi connectivity index (χ3n) is 3.38. The summed E-state index contributed by atoms with van der Waals surface area (Å²) in [5.74, 6) is 1.50. The van der Waals surface area contributed by atoms with Crippen molar-refractivity contribution >= 4 is 11.5 Å². The highest BCUT2D eigenvalue weighted by Gasteiger charge is 2.11. The van der Waals surface area contributed by atoms with Crippen LogP contribution in [-0.4, -0.2) is 16.0 Å². The maximum Gasteiger partial charge on any atom is 0.139 e. The molecule has 0 aliphatic rings. The third-order valence-corrected chi connectivity index (χ3v) is 3.38. The number of anilines is 1. The molecule has 0 atom stereocenters. The van der Waals surface area contributed by atoms with Gasteiger partial charge < -0.3 is 10.5 Å². The number of rotatable bonds is 4. The first-order chi connectivity index (χ1) is 10.2. The molecule has 0 bridgehead atoms. The van der Waals surface area contributed by atoms with Crippen molar-refractivity contribution in [2.45, 2.75) is 20.3 Å². The monoisotopic (exact) mass is 281 g/mol. The molecule has 4 nitrogen and oxygen atoms in total. The van der Waals surface area contributed by atoms with Crippen LogP contribution < -0.4 is 10.5 Å². The number of pyridine rings is 1. The standard InChI is InChI=1S/C17H19N3O/c1-3-9-21-14-6-4-5-13(10-14)16-17(18)20-11-12(2)7-8-15(20)19-16/h4-8,10-11H,3,9,18H2,1-2H3. The van der Waals surface area contributed by atoms with Gasteiger partial charge in [0.1, 0.15) is 22.9 Å². The van der Waals surface area contributed by atoms with E-state index >= 15 is 0 Å². The van der Waals surface area contributed by atoms with Gasteiger partial charge in [-0.15, -0.1) is 0 Å². The number of hydrogen-bond donors (Lipinski definition) is 1. The van der Waals surface area contributed by atoms with E-state index in [0.29, 0.717) is 12.4 Å². The van der Waals surface area contributed by atoms with E-state index in [2.05, 4.69) is 11.9 Å². The minimum atomic E-state index is 0.654. The molecule has 108 valence electrons. The molecule has 0 aliphatic heterocycles. The lowest BCUT2D eigenvalue weighted by atomic mass is 10.1. The Kier molecular flexibility index (Phi) is 3.52.